The van der Waals surface area contributed by atoms with Crippen LogP contribution in [0.25, 0.3) is 11.0 Å². The van der Waals surface area contributed by atoms with Gasteiger partial charge in [-0.1, -0.05) is 0 Å². The summed E-state index contributed by atoms with van der Waals surface area (Å²) in [5.74, 6) is -0.513. The van der Waals surface area contributed by atoms with Gasteiger partial charge in [0.25, 0.3) is 0 Å². The van der Waals surface area contributed by atoms with Gasteiger partial charge in [0, 0.05) is 16.2 Å². The second kappa shape index (κ2) is 7.00. The molecule has 0 aliphatic carbocycles. The van der Waals surface area contributed by atoms with Crippen LogP contribution in [0.2, 0.25) is 0 Å². The zero-order valence-electron chi connectivity index (χ0n) is 13.7. The van der Waals surface area contributed by atoms with Gasteiger partial charge in [0.1, 0.15) is 5.75 Å². The topological polar surface area (TPSA) is 129 Å². The lowest BCUT2D eigenvalue weighted by molar-refractivity contribution is -0.383. The third-order valence-corrected chi connectivity index (χ3v) is 4.98. The SMILES string of the molecule is COc1ccc(C(=O)O)c(C(C)Sc2ccc([N+](=O)[O-])c3nonc23)c1. The van der Waals surface area contributed by atoms with Crippen molar-refractivity contribution in [1.29, 1.82) is 0 Å². The molecule has 134 valence electrons. The quantitative estimate of drug-likeness (QED) is 0.389. The summed E-state index contributed by atoms with van der Waals surface area (Å²) in [5.41, 5.74) is 0.824. The molecular weight excluding hydrogens is 362 g/mol. The first-order valence-corrected chi connectivity index (χ1v) is 8.28. The van der Waals surface area contributed by atoms with E-state index in [-0.39, 0.29) is 27.5 Å². The monoisotopic (exact) mass is 375 g/mol. The van der Waals surface area contributed by atoms with E-state index in [1.807, 2.05) is 6.92 Å². The number of nitro benzene ring substituents is 1. The van der Waals surface area contributed by atoms with Gasteiger partial charge in [-0.2, -0.15) is 0 Å². The Morgan fingerprint density at radius 1 is 1.31 bits per heavy atom. The van der Waals surface area contributed by atoms with Crippen molar-refractivity contribution in [3.05, 3.63) is 51.6 Å². The number of fused-ring (bicyclic) bond motifs is 1. The normalized spacial score (nSPS) is 12.1. The van der Waals surface area contributed by atoms with Gasteiger partial charge in [0.2, 0.25) is 5.52 Å². The van der Waals surface area contributed by atoms with Gasteiger partial charge < -0.3 is 9.84 Å². The first-order chi connectivity index (χ1) is 12.4. The number of carboxylic acid groups (broad SMARTS) is 1. The van der Waals surface area contributed by atoms with Crippen molar-refractivity contribution in [2.24, 2.45) is 0 Å². The Morgan fingerprint density at radius 3 is 2.69 bits per heavy atom. The molecule has 0 radical (unpaired) electrons. The number of nitrogens with zero attached hydrogens (tertiary/aromatic N) is 3. The van der Waals surface area contributed by atoms with Crippen LogP contribution in [0.1, 0.15) is 28.1 Å². The van der Waals surface area contributed by atoms with E-state index in [1.165, 1.54) is 31.0 Å². The number of methoxy groups -OCH3 is 1. The molecule has 0 amide bonds. The summed E-state index contributed by atoms with van der Waals surface area (Å²) < 4.78 is 9.83. The number of thioether (sulfide) groups is 1. The van der Waals surface area contributed by atoms with E-state index >= 15 is 0 Å². The van der Waals surface area contributed by atoms with Crippen LogP contribution in [0.15, 0.2) is 39.9 Å². The molecule has 3 rings (SSSR count). The summed E-state index contributed by atoms with van der Waals surface area (Å²) in [6.07, 6.45) is 0. The number of aromatic nitrogens is 2. The van der Waals surface area contributed by atoms with Crippen LogP contribution in [0.5, 0.6) is 5.75 Å². The van der Waals surface area contributed by atoms with Crippen LogP contribution in [0, 0.1) is 10.1 Å². The van der Waals surface area contributed by atoms with E-state index in [0.717, 1.165) is 0 Å². The summed E-state index contributed by atoms with van der Waals surface area (Å²) in [7, 11) is 1.50. The Morgan fingerprint density at radius 2 is 2.04 bits per heavy atom. The highest BCUT2D eigenvalue weighted by Gasteiger charge is 2.23. The molecule has 3 aromatic rings. The van der Waals surface area contributed by atoms with Crippen molar-refractivity contribution in [3.8, 4) is 5.75 Å². The number of ether oxygens (including phenoxy) is 1. The number of rotatable bonds is 6. The smallest absolute Gasteiger partial charge is 0.336 e. The van der Waals surface area contributed by atoms with Gasteiger partial charge in [-0.15, -0.1) is 11.8 Å². The lowest BCUT2D eigenvalue weighted by Crippen LogP contribution is -2.04. The molecule has 1 aromatic heterocycles. The molecule has 1 atom stereocenters. The summed E-state index contributed by atoms with van der Waals surface area (Å²) >= 11 is 1.30. The Labute approximate surface area is 151 Å². The van der Waals surface area contributed by atoms with E-state index in [2.05, 4.69) is 14.9 Å². The third kappa shape index (κ3) is 3.18. The molecule has 0 aliphatic heterocycles. The number of nitro groups is 1. The van der Waals surface area contributed by atoms with E-state index in [1.54, 1.807) is 18.2 Å². The molecule has 0 bridgehead atoms. The van der Waals surface area contributed by atoms with E-state index in [0.29, 0.717) is 16.2 Å². The summed E-state index contributed by atoms with van der Waals surface area (Å²) in [6.45, 7) is 1.83. The number of carbonyl (C=O) groups is 1. The summed E-state index contributed by atoms with van der Waals surface area (Å²) in [4.78, 5) is 22.6. The average molecular weight is 375 g/mol. The highest BCUT2D eigenvalue weighted by molar-refractivity contribution is 7.99. The van der Waals surface area contributed by atoms with Crippen molar-refractivity contribution in [2.45, 2.75) is 17.1 Å². The summed E-state index contributed by atoms with van der Waals surface area (Å²) in [5, 5.41) is 27.5. The number of hydrogen-bond acceptors (Lipinski definition) is 8. The molecule has 0 aliphatic rings. The molecule has 0 spiro atoms. The molecule has 0 fully saturated rings. The molecule has 1 N–H and O–H groups in total. The van der Waals surface area contributed by atoms with E-state index in [4.69, 9.17) is 4.74 Å². The second-order valence-electron chi connectivity index (χ2n) is 5.32. The van der Waals surface area contributed by atoms with Crippen LogP contribution in [-0.4, -0.2) is 33.4 Å². The molecule has 1 heterocycles. The Balaban J connectivity index is 2.01. The number of hydrogen-bond donors (Lipinski definition) is 1. The zero-order valence-corrected chi connectivity index (χ0v) is 14.5. The maximum atomic E-state index is 11.5. The lowest BCUT2D eigenvalue weighted by Gasteiger charge is -2.15. The maximum absolute atomic E-state index is 11.5. The number of non-ortho nitro benzene ring substituents is 1. The predicted molar refractivity (Wildman–Crippen MR) is 92.7 cm³/mol. The van der Waals surface area contributed by atoms with Crippen LogP contribution in [0.3, 0.4) is 0 Å². The Bertz CT molecular complexity index is 1000. The lowest BCUT2D eigenvalue weighted by atomic mass is 10.0. The molecule has 26 heavy (non-hydrogen) atoms. The van der Waals surface area contributed by atoms with Crippen LogP contribution >= 0.6 is 11.8 Å². The average Bonchev–Trinajstić information content (AvgIpc) is 3.11. The van der Waals surface area contributed by atoms with Crippen molar-refractivity contribution in [1.82, 2.24) is 10.3 Å². The first kappa shape index (κ1) is 17.7. The maximum Gasteiger partial charge on any atom is 0.336 e. The molecule has 10 heteroatoms. The molecule has 9 nitrogen and oxygen atoms in total. The fraction of sp³-hybridized carbons (Fsp3) is 0.188. The van der Waals surface area contributed by atoms with E-state index < -0.39 is 10.9 Å². The van der Waals surface area contributed by atoms with Gasteiger partial charge in [0.15, 0.2) is 5.52 Å². The standard InChI is InChI=1S/C16H13N3O6S/c1-8(11-7-9(24-2)3-4-10(11)16(20)21)26-13-6-5-12(19(22)23)14-15(13)18-25-17-14/h3-8H,1-2H3,(H,20,21). The fourth-order valence-electron chi connectivity index (χ4n) is 2.53. The van der Waals surface area contributed by atoms with Crippen molar-refractivity contribution < 1.29 is 24.2 Å². The van der Waals surface area contributed by atoms with Gasteiger partial charge in [-0.25, -0.2) is 9.42 Å². The van der Waals surface area contributed by atoms with Gasteiger partial charge >= 0.3 is 11.7 Å². The highest BCUT2D eigenvalue weighted by Crippen LogP contribution is 2.41. The Hall–Kier alpha value is -3.14. The first-order valence-electron chi connectivity index (χ1n) is 7.40. The van der Waals surface area contributed by atoms with Gasteiger partial charge in [-0.05, 0) is 47.1 Å². The Kier molecular flexibility index (Phi) is 4.76. The zero-order chi connectivity index (χ0) is 18.8. The van der Waals surface area contributed by atoms with Crippen molar-refractivity contribution >= 4 is 34.5 Å². The minimum absolute atomic E-state index is 0.0521. The van der Waals surface area contributed by atoms with Gasteiger partial charge in [0.05, 0.1) is 17.6 Å². The molecule has 1 unspecified atom stereocenters. The van der Waals surface area contributed by atoms with Crippen LogP contribution in [0.4, 0.5) is 5.69 Å². The molecule has 0 saturated heterocycles. The third-order valence-electron chi connectivity index (χ3n) is 3.78. The molecule has 2 aromatic carbocycles. The van der Waals surface area contributed by atoms with E-state index in [9.17, 15) is 20.0 Å². The minimum atomic E-state index is -1.05. The summed E-state index contributed by atoms with van der Waals surface area (Å²) in [6, 6.07) is 7.59. The highest BCUT2D eigenvalue weighted by atomic mass is 32.2. The fourth-order valence-corrected chi connectivity index (χ4v) is 3.62. The molecular formula is C16H13N3O6S. The number of benzene rings is 2. The van der Waals surface area contributed by atoms with Crippen molar-refractivity contribution in [2.75, 3.05) is 7.11 Å². The minimum Gasteiger partial charge on any atom is -0.497 e. The molecule has 0 saturated carbocycles. The van der Waals surface area contributed by atoms with Gasteiger partial charge in [-0.3, -0.25) is 10.1 Å². The van der Waals surface area contributed by atoms with Crippen LogP contribution in [-0.2, 0) is 0 Å². The largest absolute Gasteiger partial charge is 0.497 e. The number of aromatic carboxylic acids is 1. The predicted octanol–water partition coefficient (Wildman–Crippen LogP) is 3.69. The number of carboxylic acids is 1. The second-order valence-corrected chi connectivity index (χ2v) is 6.70. The van der Waals surface area contributed by atoms with Crippen LogP contribution < -0.4 is 4.74 Å². The van der Waals surface area contributed by atoms with Crippen molar-refractivity contribution in [3.63, 3.8) is 0 Å².